The third kappa shape index (κ3) is 7.74. The molecular formula is C18H58N6Si8. The number of hydrogen-bond acceptors (Lipinski definition) is 6. The monoisotopic (exact) mass is 582 g/mol. The lowest BCUT2D eigenvalue weighted by molar-refractivity contribution is 0.527. The Labute approximate surface area is 210 Å². The van der Waals surface area contributed by atoms with E-state index in [4.69, 9.17) is 0 Å². The van der Waals surface area contributed by atoms with E-state index in [-0.39, 0.29) is 0 Å². The fourth-order valence-electron chi connectivity index (χ4n) is 5.17. The molecule has 0 spiro atoms. The Morgan fingerprint density at radius 1 is 0.344 bits per heavy atom. The van der Waals surface area contributed by atoms with Gasteiger partial charge in [-0.1, -0.05) is 118 Å². The van der Waals surface area contributed by atoms with Crippen molar-refractivity contribution in [2.75, 3.05) is 0 Å². The van der Waals surface area contributed by atoms with Gasteiger partial charge in [-0.3, -0.25) is 7.79 Å². The molecule has 0 unspecified atom stereocenters. The Morgan fingerprint density at radius 2 is 0.500 bits per heavy atom. The normalized spacial score (nSPS) is 21.6. The molecule has 1 heterocycles. The van der Waals surface area contributed by atoms with Crippen molar-refractivity contribution in [2.24, 2.45) is 0 Å². The van der Waals surface area contributed by atoms with Crippen LogP contribution in [0.4, 0.5) is 0 Å². The van der Waals surface area contributed by atoms with E-state index in [1.54, 1.807) is 0 Å². The molecule has 1 aliphatic heterocycles. The van der Waals surface area contributed by atoms with Gasteiger partial charge in [-0.05, 0) is 0 Å². The lowest BCUT2D eigenvalue weighted by Gasteiger charge is -2.78. The van der Waals surface area contributed by atoms with Crippen LogP contribution >= 0.6 is 0 Å². The van der Waals surface area contributed by atoms with Gasteiger partial charge in [-0.15, -0.1) is 0 Å². The minimum absolute atomic E-state index is 1.56. The van der Waals surface area contributed by atoms with Crippen molar-refractivity contribution in [1.82, 2.24) is 26.4 Å². The Balaban J connectivity index is 4.07. The maximum atomic E-state index is 4.47. The Kier molecular flexibility index (Phi) is 8.97. The highest BCUT2D eigenvalue weighted by molar-refractivity contribution is 7.25. The summed E-state index contributed by atoms with van der Waals surface area (Å²) in [4.78, 5) is 0. The van der Waals surface area contributed by atoms with Crippen LogP contribution in [0, 0.1) is 0 Å². The van der Waals surface area contributed by atoms with Crippen molar-refractivity contribution in [3.05, 3.63) is 0 Å². The van der Waals surface area contributed by atoms with E-state index in [0.717, 1.165) is 0 Å². The average molecular weight is 583 g/mol. The second-order valence-electron chi connectivity index (χ2n) is 15.9. The van der Waals surface area contributed by atoms with Crippen LogP contribution in [-0.2, 0) is 0 Å². The molecule has 0 bridgehead atoms. The van der Waals surface area contributed by atoms with Gasteiger partial charge in [-0.2, -0.15) is 0 Å². The van der Waals surface area contributed by atoms with E-state index in [0.29, 0.717) is 0 Å². The van der Waals surface area contributed by atoms with Crippen molar-refractivity contribution in [3.63, 3.8) is 0 Å². The highest BCUT2D eigenvalue weighted by atomic mass is 28.6. The third-order valence-electron chi connectivity index (χ3n) is 4.83. The van der Waals surface area contributed by atoms with Crippen LogP contribution in [0.25, 0.3) is 0 Å². The van der Waals surface area contributed by atoms with Crippen molar-refractivity contribution in [2.45, 2.75) is 118 Å². The summed E-state index contributed by atoms with van der Waals surface area (Å²) in [5.74, 6) is 0. The van der Waals surface area contributed by atoms with Gasteiger partial charge in [0.1, 0.15) is 49.4 Å². The number of rotatable bonds is 10. The zero-order valence-corrected chi connectivity index (χ0v) is 32.9. The smallest absolute Gasteiger partial charge is 0.324 e. The molecule has 4 N–H and O–H groups in total. The summed E-state index contributed by atoms with van der Waals surface area (Å²) < 4.78 is 24.2. The van der Waals surface area contributed by atoms with Gasteiger partial charge in [-0.25, -0.2) is 0 Å². The molecular weight excluding hydrogens is 525 g/mol. The SMILES string of the molecule is C[Si](C)(C)N[Si]1(N[Si](C)(C)C)N([Si](C)(C)C)[Si](N[Si](C)(C)C)(N[Si](C)(C)C)N1[Si](C)(C)C. The minimum Gasteiger partial charge on any atom is -0.324 e. The predicted molar refractivity (Wildman–Crippen MR) is 168 cm³/mol. The highest BCUT2D eigenvalue weighted by Crippen LogP contribution is 2.43. The highest BCUT2D eigenvalue weighted by Gasteiger charge is 2.79. The molecule has 6 nitrogen and oxygen atoms in total. The second-order valence-corrected chi connectivity index (χ2v) is 54.6. The summed E-state index contributed by atoms with van der Waals surface area (Å²) in [6, 6.07) is 0. The fourth-order valence-corrected chi connectivity index (χ4v) is 58.4. The first kappa shape index (κ1) is 31.5. The topological polar surface area (TPSA) is 54.6 Å². The van der Waals surface area contributed by atoms with Crippen LogP contribution in [0.15, 0.2) is 0 Å². The van der Waals surface area contributed by atoms with Gasteiger partial charge < -0.3 is 18.6 Å². The van der Waals surface area contributed by atoms with Crippen LogP contribution in [0.2, 0.25) is 118 Å². The summed E-state index contributed by atoms with van der Waals surface area (Å²) in [5, 5.41) is 0. The summed E-state index contributed by atoms with van der Waals surface area (Å²) in [5.41, 5.74) is 0. The Morgan fingerprint density at radius 3 is 0.594 bits per heavy atom. The molecule has 0 aliphatic carbocycles. The first-order valence-corrected chi connectivity index (χ1v) is 37.0. The van der Waals surface area contributed by atoms with Crippen LogP contribution in [0.3, 0.4) is 0 Å². The largest absolute Gasteiger partial charge is 0.336 e. The molecule has 14 heteroatoms. The van der Waals surface area contributed by atoms with Gasteiger partial charge in [0, 0.05) is 0 Å². The Hall–Kier alpha value is 1.50. The van der Waals surface area contributed by atoms with Crippen LogP contribution in [-0.4, -0.2) is 74.6 Å². The van der Waals surface area contributed by atoms with E-state index in [2.05, 4.69) is 144 Å². The molecule has 0 saturated carbocycles. The first-order chi connectivity index (χ1) is 13.6. The predicted octanol–water partition coefficient (Wildman–Crippen LogP) is 4.84. The lowest BCUT2D eigenvalue weighted by Crippen LogP contribution is -3.15. The molecule has 1 rings (SSSR count). The molecule has 32 heavy (non-hydrogen) atoms. The van der Waals surface area contributed by atoms with Crippen LogP contribution in [0.5, 0.6) is 0 Å². The number of nitrogens with zero attached hydrogens (tertiary/aromatic N) is 2. The van der Waals surface area contributed by atoms with E-state index in [1.807, 2.05) is 0 Å². The first-order valence-electron chi connectivity index (χ1n) is 12.3. The van der Waals surface area contributed by atoms with Gasteiger partial charge in [0.05, 0.1) is 0 Å². The molecule has 192 valence electrons. The zero-order chi connectivity index (χ0) is 26.0. The summed E-state index contributed by atoms with van der Waals surface area (Å²) in [6.07, 6.45) is 0. The number of hydrogen-bond donors (Lipinski definition) is 4. The molecule has 1 aliphatic rings. The maximum absolute atomic E-state index is 4.47. The summed E-state index contributed by atoms with van der Waals surface area (Å²) in [7, 11) is -14.2. The average Bonchev–Trinajstić information content (AvgIpc) is 2.22. The molecule has 1 fully saturated rings. The quantitative estimate of drug-likeness (QED) is 0.277. The molecule has 0 aromatic heterocycles. The molecule has 0 amide bonds. The van der Waals surface area contributed by atoms with Crippen LogP contribution < -0.4 is 18.6 Å². The van der Waals surface area contributed by atoms with Crippen molar-refractivity contribution >= 4 is 66.9 Å². The van der Waals surface area contributed by atoms with Gasteiger partial charge in [0.2, 0.25) is 0 Å². The summed E-state index contributed by atoms with van der Waals surface area (Å²) >= 11 is 0. The molecule has 0 atom stereocenters. The molecule has 1 saturated heterocycles. The minimum atomic E-state index is -2.28. The fraction of sp³-hybridized carbons (Fsp3) is 1.00. The van der Waals surface area contributed by atoms with E-state index >= 15 is 0 Å². The van der Waals surface area contributed by atoms with E-state index in [1.165, 1.54) is 0 Å². The molecule has 0 aromatic rings. The third-order valence-corrected chi connectivity index (χ3v) is 43.5. The summed E-state index contributed by atoms with van der Waals surface area (Å²) in [6.45, 7) is 45.5. The molecule has 0 radical (unpaired) electrons. The standard InChI is InChI=1S/C18H58N6Si8/c1-25(2,3)19-31(20-26(4,5)6)23(29(13,14)15)32(21-27(7,8)9,22-28(10,11)12)24(31)30(16,17)18/h19-22H,1-18H3. The van der Waals surface area contributed by atoms with Crippen molar-refractivity contribution in [3.8, 4) is 0 Å². The van der Waals surface area contributed by atoms with E-state index < -0.39 is 66.9 Å². The Bertz CT molecular complexity index is 562. The van der Waals surface area contributed by atoms with E-state index in [9.17, 15) is 0 Å². The second kappa shape index (κ2) is 9.11. The van der Waals surface area contributed by atoms with Gasteiger partial charge >= 0.3 is 17.4 Å². The lowest BCUT2D eigenvalue weighted by atomic mass is 11.8. The van der Waals surface area contributed by atoms with Crippen LogP contribution in [0.1, 0.15) is 0 Å². The molecule has 0 aromatic carbocycles. The zero-order valence-electron chi connectivity index (χ0n) is 24.9. The van der Waals surface area contributed by atoms with Crippen molar-refractivity contribution in [1.29, 1.82) is 0 Å². The van der Waals surface area contributed by atoms with Gasteiger partial charge in [0.25, 0.3) is 0 Å². The number of nitrogens with one attached hydrogen (secondary N) is 4. The maximum Gasteiger partial charge on any atom is 0.336 e. The van der Waals surface area contributed by atoms with Crippen molar-refractivity contribution < 1.29 is 0 Å². The van der Waals surface area contributed by atoms with Gasteiger partial charge in [0.15, 0.2) is 0 Å².